The lowest BCUT2D eigenvalue weighted by molar-refractivity contribution is 0.276. The Morgan fingerprint density at radius 2 is 2.21 bits per heavy atom. The van der Waals surface area contributed by atoms with Gasteiger partial charge in [-0.25, -0.2) is 9.37 Å². The second-order valence-electron chi connectivity index (χ2n) is 4.04. The number of rotatable bonds is 5. The summed E-state index contributed by atoms with van der Waals surface area (Å²) in [6.45, 7) is 0.662. The molecule has 0 fully saturated rings. The second-order valence-corrected chi connectivity index (χ2v) is 4.47. The summed E-state index contributed by atoms with van der Waals surface area (Å²) < 4.78 is 19.4. The van der Waals surface area contributed by atoms with Crippen LogP contribution in [0.4, 0.5) is 4.39 Å². The molecule has 1 N–H and O–H groups in total. The largest absolute Gasteiger partial charge is 0.471 e. The Hall–Kier alpha value is -1.65. The van der Waals surface area contributed by atoms with Crippen LogP contribution in [0.5, 0.6) is 5.88 Å². The van der Waals surface area contributed by atoms with Gasteiger partial charge in [0.1, 0.15) is 6.61 Å². The number of hydrogen-bond donors (Lipinski definition) is 1. The van der Waals surface area contributed by atoms with Gasteiger partial charge < -0.3 is 10.1 Å². The van der Waals surface area contributed by atoms with Gasteiger partial charge in [0.05, 0.1) is 0 Å². The molecule has 1 aromatic carbocycles. The fourth-order valence-corrected chi connectivity index (χ4v) is 1.88. The van der Waals surface area contributed by atoms with Crippen LogP contribution in [-0.2, 0) is 13.2 Å². The van der Waals surface area contributed by atoms with Gasteiger partial charge in [0.25, 0.3) is 5.88 Å². The Labute approximate surface area is 116 Å². The number of benzene rings is 1. The Kier molecular flexibility index (Phi) is 4.71. The molecule has 0 amide bonds. The first-order valence-electron chi connectivity index (χ1n) is 5.86. The minimum atomic E-state index is -0.432. The van der Waals surface area contributed by atoms with E-state index >= 15 is 0 Å². The van der Waals surface area contributed by atoms with E-state index in [2.05, 4.69) is 10.3 Å². The van der Waals surface area contributed by atoms with Crippen LogP contribution in [0, 0.1) is 5.82 Å². The van der Waals surface area contributed by atoms with Crippen LogP contribution in [0.15, 0.2) is 36.5 Å². The number of pyridine rings is 1. The summed E-state index contributed by atoms with van der Waals surface area (Å²) in [7, 11) is 1.76. The third kappa shape index (κ3) is 3.66. The molecule has 0 aliphatic heterocycles. The first-order valence-corrected chi connectivity index (χ1v) is 6.23. The van der Waals surface area contributed by atoms with E-state index in [1.165, 1.54) is 6.20 Å². The van der Waals surface area contributed by atoms with Crippen LogP contribution in [0.3, 0.4) is 0 Å². The van der Waals surface area contributed by atoms with Gasteiger partial charge in [0.15, 0.2) is 5.82 Å². The number of halogens is 2. The highest BCUT2D eigenvalue weighted by atomic mass is 35.5. The highest BCUT2D eigenvalue weighted by molar-refractivity contribution is 6.30. The standard InChI is InChI=1S/C14H14ClFN2O/c1-17-8-11-5-6-18-14(13(11)16)19-9-10-3-2-4-12(15)7-10/h2-7,17H,8-9H2,1H3. The van der Waals surface area contributed by atoms with Crippen LogP contribution in [0.25, 0.3) is 0 Å². The smallest absolute Gasteiger partial charge is 0.251 e. The van der Waals surface area contributed by atoms with E-state index in [-0.39, 0.29) is 12.5 Å². The highest BCUT2D eigenvalue weighted by Crippen LogP contribution is 2.19. The molecule has 0 saturated heterocycles. The van der Waals surface area contributed by atoms with E-state index in [0.29, 0.717) is 17.1 Å². The van der Waals surface area contributed by atoms with Crippen molar-refractivity contribution in [2.75, 3.05) is 7.05 Å². The monoisotopic (exact) mass is 280 g/mol. The van der Waals surface area contributed by atoms with Crippen molar-refractivity contribution in [2.45, 2.75) is 13.2 Å². The molecule has 0 radical (unpaired) electrons. The molecule has 2 rings (SSSR count). The molecule has 0 unspecified atom stereocenters. The Morgan fingerprint density at radius 3 is 2.95 bits per heavy atom. The first kappa shape index (κ1) is 13.8. The summed E-state index contributed by atoms with van der Waals surface area (Å²) in [6.07, 6.45) is 1.53. The summed E-state index contributed by atoms with van der Waals surface area (Å²) in [6, 6.07) is 8.86. The van der Waals surface area contributed by atoms with Gasteiger partial charge in [0, 0.05) is 23.3 Å². The maximum Gasteiger partial charge on any atom is 0.251 e. The maximum atomic E-state index is 14.0. The van der Waals surface area contributed by atoms with E-state index in [4.69, 9.17) is 16.3 Å². The number of nitrogens with zero attached hydrogens (tertiary/aromatic N) is 1. The predicted octanol–water partition coefficient (Wildman–Crippen LogP) is 3.17. The molecular weight excluding hydrogens is 267 g/mol. The van der Waals surface area contributed by atoms with E-state index in [0.717, 1.165) is 5.56 Å². The van der Waals surface area contributed by atoms with Crippen LogP contribution >= 0.6 is 11.6 Å². The molecule has 1 heterocycles. The lowest BCUT2D eigenvalue weighted by Crippen LogP contribution is -2.09. The minimum Gasteiger partial charge on any atom is -0.471 e. The second kappa shape index (κ2) is 6.50. The molecule has 0 spiro atoms. The zero-order valence-electron chi connectivity index (χ0n) is 10.5. The average Bonchev–Trinajstić information content (AvgIpc) is 2.40. The quantitative estimate of drug-likeness (QED) is 0.913. The van der Waals surface area contributed by atoms with Crippen molar-refractivity contribution in [2.24, 2.45) is 0 Å². The summed E-state index contributed by atoms with van der Waals surface area (Å²) in [5.41, 5.74) is 1.39. The number of ether oxygens (including phenoxy) is 1. The van der Waals surface area contributed by atoms with Gasteiger partial charge in [-0.2, -0.15) is 0 Å². The number of nitrogens with one attached hydrogen (secondary N) is 1. The van der Waals surface area contributed by atoms with Crippen LogP contribution in [0.2, 0.25) is 5.02 Å². The van der Waals surface area contributed by atoms with E-state index in [1.807, 2.05) is 12.1 Å². The molecule has 0 atom stereocenters. The molecule has 19 heavy (non-hydrogen) atoms. The summed E-state index contributed by atoms with van der Waals surface area (Å²) in [4.78, 5) is 3.90. The van der Waals surface area contributed by atoms with E-state index in [9.17, 15) is 4.39 Å². The third-order valence-electron chi connectivity index (χ3n) is 2.57. The lowest BCUT2D eigenvalue weighted by Gasteiger charge is -2.09. The topological polar surface area (TPSA) is 34.2 Å². The summed E-state index contributed by atoms with van der Waals surface area (Å²) in [5, 5.41) is 3.52. The molecule has 0 aliphatic rings. The molecule has 0 bridgehead atoms. The molecule has 2 aromatic rings. The fourth-order valence-electron chi connectivity index (χ4n) is 1.67. The van der Waals surface area contributed by atoms with Gasteiger partial charge in [-0.3, -0.25) is 0 Å². The fraction of sp³-hybridized carbons (Fsp3) is 0.214. The van der Waals surface area contributed by atoms with Crippen molar-refractivity contribution < 1.29 is 9.13 Å². The van der Waals surface area contributed by atoms with Crippen molar-refractivity contribution in [1.29, 1.82) is 0 Å². The Bertz CT molecular complexity index is 563. The minimum absolute atomic E-state index is 0.00715. The Balaban J connectivity index is 2.09. The molecule has 100 valence electrons. The van der Waals surface area contributed by atoms with Crippen molar-refractivity contribution in [3.8, 4) is 5.88 Å². The van der Waals surface area contributed by atoms with Crippen LogP contribution < -0.4 is 10.1 Å². The SMILES string of the molecule is CNCc1ccnc(OCc2cccc(Cl)c2)c1F. The number of aromatic nitrogens is 1. The zero-order chi connectivity index (χ0) is 13.7. The van der Waals surface area contributed by atoms with E-state index in [1.54, 1.807) is 25.2 Å². The van der Waals surface area contributed by atoms with Gasteiger partial charge in [-0.05, 0) is 30.8 Å². The van der Waals surface area contributed by atoms with Crippen molar-refractivity contribution >= 4 is 11.6 Å². The van der Waals surface area contributed by atoms with Crippen molar-refractivity contribution in [1.82, 2.24) is 10.3 Å². The normalized spacial score (nSPS) is 10.5. The van der Waals surface area contributed by atoms with Crippen molar-refractivity contribution in [3.63, 3.8) is 0 Å². The van der Waals surface area contributed by atoms with Crippen molar-refractivity contribution in [3.05, 3.63) is 58.5 Å². The molecular formula is C14H14ClFN2O. The molecule has 5 heteroatoms. The van der Waals surface area contributed by atoms with E-state index < -0.39 is 5.82 Å². The molecule has 1 aromatic heterocycles. The maximum absolute atomic E-state index is 14.0. The summed E-state index contributed by atoms with van der Waals surface area (Å²) in [5.74, 6) is -0.424. The van der Waals surface area contributed by atoms with Gasteiger partial charge in [-0.15, -0.1) is 0 Å². The molecule has 0 aliphatic carbocycles. The Morgan fingerprint density at radius 1 is 1.37 bits per heavy atom. The average molecular weight is 281 g/mol. The van der Waals surface area contributed by atoms with Crippen LogP contribution in [-0.4, -0.2) is 12.0 Å². The lowest BCUT2D eigenvalue weighted by atomic mass is 10.2. The zero-order valence-corrected chi connectivity index (χ0v) is 11.2. The van der Waals surface area contributed by atoms with Gasteiger partial charge in [0.2, 0.25) is 0 Å². The highest BCUT2D eigenvalue weighted by Gasteiger charge is 2.10. The molecule has 3 nitrogen and oxygen atoms in total. The summed E-state index contributed by atoms with van der Waals surface area (Å²) >= 11 is 5.87. The number of hydrogen-bond acceptors (Lipinski definition) is 3. The molecule has 0 saturated carbocycles. The predicted molar refractivity (Wildman–Crippen MR) is 72.7 cm³/mol. The van der Waals surface area contributed by atoms with Crippen LogP contribution in [0.1, 0.15) is 11.1 Å². The van der Waals surface area contributed by atoms with Gasteiger partial charge >= 0.3 is 0 Å². The third-order valence-corrected chi connectivity index (χ3v) is 2.80. The van der Waals surface area contributed by atoms with Gasteiger partial charge in [-0.1, -0.05) is 23.7 Å². The first-order chi connectivity index (χ1) is 9.20.